The van der Waals surface area contributed by atoms with Crippen molar-refractivity contribution in [3.63, 3.8) is 0 Å². The van der Waals surface area contributed by atoms with E-state index in [4.69, 9.17) is 0 Å². The van der Waals surface area contributed by atoms with Crippen LogP contribution in [0.25, 0.3) is 11.3 Å². The van der Waals surface area contributed by atoms with Crippen molar-refractivity contribution in [1.82, 2.24) is 9.97 Å². The van der Waals surface area contributed by atoms with Crippen molar-refractivity contribution in [1.29, 1.82) is 0 Å². The van der Waals surface area contributed by atoms with Gasteiger partial charge in [-0.25, -0.2) is 4.39 Å². The fraction of sp³-hybridized carbons (Fsp3) is 0.231. The van der Waals surface area contributed by atoms with E-state index in [9.17, 15) is 4.39 Å². The van der Waals surface area contributed by atoms with Crippen LogP contribution < -0.4 is 0 Å². The summed E-state index contributed by atoms with van der Waals surface area (Å²) in [6.07, 6.45) is 3.34. The predicted octanol–water partition coefficient (Wildman–Crippen LogP) is 3.41. The molecule has 2 nitrogen and oxygen atoms in total. The molecule has 1 aromatic carbocycles. The van der Waals surface area contributed by atoms with Crippen molar-refractivity contribution in [2.75, 3.05) is 0 Å². The van der Waals surface area contributed by atoms with Crippen molar-refractivity contribution >= 4 is 0 Å². The molecule has 82 valence electrons. The average molecular weight is 216 g/mol. The highest BCUT2D eigenvalue weighted by atomic mass is 19.1. The highest BCUT2D eigenvalue weighted by molar-refractivity contribution is 5.61. The maximum Gasteiger partial charge on any atom is 0.123 e. The maximum atomic E-state index is 12.8. The number of benzene rings is 1. The molecule has 0 saturated heterocycles. The van der Waals surface area contributed by atoms with E-state index in [0.717, 1.165) is 17.0 Å². The molecule has 0 spiro atoms. The SMILES string of the molecule is CC(C)c1nccnc1-c1ccc(F)cc1. The molecule has 16 heavy (non-hydrogen) atoms. The molecule has 0 bridgehead atoms. The zero-order chi connectivity index (χ0) is 11.5. The van der Waals surface area contributed by atoms with Gasteiger partial charge in [-0.2, -0.15) is 0 Å². The summed E-state index contributed by atoms with van der Waals surface area (Å²) in [6, 6.07) is 6.33. The highest BCUT2D eigenvalue weighted by Crippen LogP contribution is 2.24. The fourth-order valence-corrected chi connectivity index (χ4v) is 1.60. The Morgan fingerprint density at radius 3 is 2.25 bits per heavy atom. The van der Waals surface area contributed by atoms with E-state index in [-0.39, 0.29) is 5.82 Å². The molecule has 0 fully saturated rings. The van der Waals surface area contributed by atoms with Crippen LogP contribution in [-0.2, 0) is 0 Å². The molecular formula is C13H13FN2. The lowest BCUT2D eigenvalue weighted by Gasteiger charge is -2.09. The third kappa shape index (κ3) is 2.08. The van der Waals surface area contributed by atoms with Crippen molar-refractivity contribution in [3.8, 4) is 11.3 Å². The van der Waals surface area contributed by atoms with Crippen molar-refractivity contribution in [3.05, 3.63) is 48.2 Å². The Morgan fingerprint density at radius 1 is 1.00 bits per heavy atom. The molecule has 0 aliphatic rings. The Hall–Kier alpha value is -1.77. The Kier molecular flexibility index (Phi) is 2.95. The maximum absolute atomic E-state index is 12.8. The van der Waals surface area contributed by atoms with Crippen LogP contribution in [0.4, 0.5) is 4.39 Å². The van der Waals surface area contributed by atoms with Crippen LogP contribution in [0.15, 0.2) is 36.7 Å². The Bertz CT molecular complexity index is 478. The molecule has 0 N–H and O–H groups in total. The number of nitrogens with zero attached hydrogens (tertiary/aromatic N) is 2. The van der Waals surface area contributed by atoms with Crippen LogP contribution in [0.3, 0.4) is 0 Å². The van der Waals surface area contributed by atoms with Crippen molar-refractivity contribution in [2.45, 2.75) is 19.8 Å². The first-order valence-electron chi connectivity index (χ1n) is 5.25. The third-order valence-corrected chi connectivity index (χ3v) is 2.39. The van der Waals surface area contributed by atoms with E-state index in [2.05, 4.69) is 23.8 Å². The topological polar surface area (TPSA) is 25.8 Å². The first-order chi connectivity index (χ1) is 7.68. The molecule has 0 radical (unpaired) electrons. The lowest BCUT2D eigenvalue weighted by Crippen LogP contribution is -1.98. The summed E-state index contributed by atoms with van der Waals surface area (Å²) < 4.78 is 12.8. The second-order valence-corrected chi connectivity index (χ2v) is 3.95. The van der Waals surface area contributed by atoms with Gasteiger partial charge in [-0.15, -0.1) is 0 Å². The monoisotopic (exact) mass is 216 g/mol. The number of hydrogen-bond acceptors (Lipinski definition) is 2. The second-order valence-electron chi connectivity index (χ2n) is 3.95. The average Bonchev–Trinajstić information content (AvgIpc) is 2.30. The van der Waals surface area contributed by atoms with E-state index < -0.39 is 0 Å². The molecule has 2 aromatic rings. The van der Waals surface area contributed by atoms with Gasteiger partial charge in [-0.05, 0) is 30.2 Å². The summed E-state index contributed by atoms with van der Waals surface area (Å²) in [5.41, 5.74) is 2.67. The van der Waals surface area contributed by atoms with Crippen molar-refractivity contribution in [2.24, 2.45) is 0 Å². The van der Waals surface area contributed by atoms with E-state index >= 15 is 0 Å². The quantitative estimate of drug-likeness (QED) is 0.768. The fourth-order valence-electron chi connectivity index (χ4n) is 1.60. The van der Waals surface area contributed by atoms with Crippen LogP contribution in [0.1, 0.15) is 25.5 Å². The van der Waals surface area contributed by atoms with E-state index in [1.165, 1.54) is 12.1 Å². The van der Waals surface area contributed by atoms with Gasteiger partial charge in [0.1, 0.15) is 5.82 Å². The van der Waals surface area contributed by atoms with E-state index in [1.54, 1.807) is 24.5 Å². The Morgan fingerprint density at radius 2 is 1.62 bits per heavy atom. The zero-order valence-electron chi connectivity index (χ0n) is 9.31. The molecule has 1 heterocycles. The van der Waals surface area contributed by atoms with E-state index in [1.807, 2.05) is 0 Å². The Balaban J connectivity index is 2.51. The normalized spacial score (nSPS) is 10.8. The minimum Gasteiger partial charge on any atom is -0.257 e. The van der Waals surface area contributed by atoms with Gasteiger partial charge < -0.3 is 0 Å². The first kappa shape index (κ1) is 10.7. The summed E-state index contributed by atoms with van der Waals surface area (Å²) in [7, 11) is 0. The van der Waals surface area contributed by atoms with Gasteiger partial charge in [-0.1, -0.05) is 13.8 Å². The van der Waals surface area contributed by atoms with Gasteiger partial charge in [0, 0.05) is 18.0 Å². The van der Waals surface area contributed by atoms with Gasteiger partial charge in [0.05, 0.1) is 11.4 Å². The van der Waals surface area contributed by atoms with Gasteiger partial charge in [0.15, 0.2) is 0 Å². The third-order valence-electron chi connectivity index (χ3n) is 2.39. The second kappa shape index (κ2) is 4.39. The molecule has 0 amide bonds. The van der Waals surface area contributed by atoms with Crippen LogP contribution in [0.5, 0.6) is 0 Å². The summed E-state index contributed by atoms with van der Waals surface area (Å²) in [5.74, 6) is 0.0625. The number of aromatic nitrogens is 2. The minimum atomic E-state index is -0.237. The summed E-state index contributed by atoms with van der Waals surface area (Å²) in [6.45, 7) is 4.13. The highest BCUT2D eigenvalue weighted by Gasteiger charge is 2.10. The number of hydrogen-bond donors (Lipinski definition) is 0. The van der Waals surface area contributed by atoms with Gasteiger partial charge in [0.25, 0.3) is 0 Å². The number of halogens is 1. The van der Waals surface area contributed by atoms with Gasteiger partial charge in [0.2, 0.25) is 0 Å². The molecule has 0 aliphatic heterocycles. The van der Waals surface area contributed by atoms with Crippen LogP contribution in [0.2, 0.25) is 0 Å². The molecule has 0 saturated carbocycles. The predicted molar refractivity (Wildman–Crippen MR) is 61.5 cm³/mol. The van der Waals surface area contributed by atoms with Crippen LogP contribution in [0, 0.1) is 5.82 Å². The summed E-state index contributed by atoms with van der Waals surface area (Å²) in [5, 5.41) is 0. The molecule has 0 atom stereocenters. The Labute approximate surface area is 94.2 Å². The minimum absolute atomic E-state index is 0.237. The zero-order valence-corrected chi connectivity index (χ0v) is 9.31. The van der Waals surface area contributed by atoms with Crippen molar-refractivity contribution < 1.29 is 4.39 Å². The van der Waals surface area contributed by atoms with Crippen LogP contribution >= 0.6 is 0 Å². The lowest BCUT2D eigenvalue weighted by atomic mass is 10.0. The molecule has 3 heteroatoms. The smallest absolute Gasteiger partial charge is 0.123 e. The molecular weight excluding hydrogens is 203 g/mol. The van der Waals surface area contributed by atoms with Crippen LogP contribution in [-0.4, -0.2) is 9.97 Å². The summed E-state index contributed by atoms with van der Waals surface area (Å²) in [4.78, 5) is 8.64. The number of rotatable bonds is 2. The van der Waals surface area contributed by atoms with Gasteiger partial charge in [-0.3, -0.25) is 9.97 Å². The summed E-state index contributed by atoms with van der Waals surface area (Å²) >= 11 is 0. The largest absolute Gasteiger partial charge is 0.257 e. The van der Waals surface area contributed by atoms with E-state index in [0.29, 0.717) is 5.92 Å². The lowest BCUT2D eigenvalue weighted by molar-refractivity contribution is 0.628. The molecule has 0 aliphatic carbocycles. The standard InChI is InChI=1S/C13H13FN2/c1-9(2)12-13(16-8-7-15-12)10-3-5-11(14)6-4-10/h3-9H,1-2H3. The van der Waals surface area contributed by atoms with Gasteiger partial charge >= 0.3 is 0 Å². The molecule has 0 unspecified atom stereocenters. The molecule has 2 rings (SSSR count). The first-order valence-corrected chi connectivity index (χ1v) is 5.25. The molecule has 1 aromatic heterocycles.